The topological polar surface area (TPSA) is 73.0 Å². The molecular weight excluding hydrogens is 426 g/mol. The maximum atomic E-state index is 15.3. The predicted octanol–water partition coefficient (Wildman–Crippen LogP) is 0.645. The molecule has 0 aliphatic carbocycles. The molecule has 0 fully saturated rings. The first kappa shape index (κ1) is 21.1. The molecule has 0 bridgehead atoms. The van der Waals surface area contributed by atoms with Gasteiger partial charge in [-0.25, -0.2) is 8.78 Å². The summed E-state index contributed by atoms with van der Waals surface area (Å²) < 4.78 is 33.3. The molecule has 164 valence electrons. The van der Waals surface area contributed by atoms with Gasteiger partial charge in [0.1, 0.15) is 27.3 Å². The van der Waals surface area contributed by atoms with Crippen LogP contribution in [-0.2, 0) is 26.0 Å². The van der Waals surface area contributed by atoms with Gasteiger partial charge in [-0.1, -0.05) is 0 Å². The number of hydrogen-bond donors (Lipinski definition) is 0. The number of hydrogen-bond acceptors (Lipinski definition) is 4. The van der Waals surface area contributed by atoms with Crippen molar-refractivity contribution in [3.8, 4) is 11.1 Å². The molecule has 0 unspecified atom stereocenters. The molecule has 0 radical (unpaired) electrons. The second kappa shape index (κ2) is 7.13. The van der Waals surface area contributed by atoms with E-state index in [1.807, 2.05) is 0 Å². The van der Waals surface area contributed by atoms with Gasteiger partial charge < -0.3 is 9.47 Å². The molecule has 1 amide bonds. The zero-order valence-electron chi connectivity index (χ0n) is 18.6. The zero-order valence-corrected chi connectivity index (χ0v) is 18.6. The van der Waals surface area contributed by atoms with Gasteiger partial charge in [-0.15, -0.1) is 0 Å². The third kappa shape index (κ3) is 3.10. The number of carbonyl (C=O) groups excluding carboxylic acids is 1. The number of aryl methyl sites for hydroxylation is 2. The monoisotopic (exact) mass is 445 g/mol. The number of aromatic nitrogens is 4. The third-order valence-corrected chi connectivity index (χ3v) is 6.27. The highest BCUT2D eigenvalue weighted by molar-refractivity contribution is 6.42. The van der Waals surface area contributed by atoms with Gasteiger partial charge in [0.25, 0.3) is 11.5 Å². The molecule has 0 spiro atoms. The van der Waals surface area contributed by atoms with Gasteiger partial charge in [0, 0.05) is 54.5 Å². The molecule has 4 aromatic rings. The number of carbonyl (C=O) groups is 1. The minimum atomic E-state index is -0.815. The number of rotatable bonds is 3. The van der Waals surface area contributed by atoms with E-state index in [0.29, 0.717) is 22.2 Å². The molecular formula is C22H19B2F2N5O2. The van der Waals surface area contributed by atoms with Crippen LogP contribution < -0.4 is 5.56 Å². The minimum Gasteiger partial charge on any atom is -0.339 e. The van der Waals surface area contributed by atoms with E-state index in [2.05, 4.69) is 10.1 Å². The third-order valence-electron chi connectivity index (χ3n) is 6.27. The standard InChI is InChI=1S/C22H19B2F2N5O2/c1-29-8-13(14-9-30(2)28-18(14)21(29)33)11-6-16(25)15(17(26)7-11)10-31-20(32)12-4-3-5-27-19(12)22(31,23)24/h3-9H,10,23-24H2,1-2H3. The van der Waals surface area contributed by atoms with E-state index < -0.39 is 17.0 Å². The van der Waals surface area contributed by atoms with Crippen molar-refractivity contribution < 1.29 is 13.6 Å². The van der Waals surface area contributed by atoms with Crippen molar-refractivity contribution in [1.29, 1.82) is 0 Å². The van der Waals surface area contributed by atoms with Crippen molar-refractivity contribution in [1.82, 2.24) is 24.2 Å². The van der Waals surface area contributed by atoms with E-state index in [0.717, 1.165) is 0 Å². The Balaban J connectivity index is 1.58. The normalized spacial score (nSPS) is 14.8. The van der Waals surface area contributed by atoms with Gasteiger partial charge in [0.2, 0.25) is 0 Å². The summed E-state index contributed by atoms with van der Waals surface area (Å²) >= 11 is 0. The van der Waals surface area contributed by atoms with Crippen molar-refractivity contribution in [2.24, 2.45) is 14.1 Å². The molecule has 5 rings (SSSR count). The van der Waals surface area contributed by atoms with Gasteiger partial charge in [-0.2, -0.15) is 5.10 Å². The number of benzene rings is 1. The number of nitrogens with zero attached hydrogens (tertiary/aromatic N) is 5. The molecule has 1 aliphatic heterocycles. The molecule has 3 aromatic heterocycles. The molecule has 0 saturated carbocycles. The Morgan fingerprint density at radius 2 is 1.76 bits per heavy atom. The first-order valence-electron chi connectivity index (χ1n) is 10.4. The van der Waals surface area contributed by atoms with Crippen LogP contribution in [0.15, 0.2) is 47.7 Å². The largest absolute Gasteiger partial charge is 0.339 e. The van der Waals surface area contributed by atoms with Crippen molar-refractivity contribution in [2.75, 3.05) is 0 Å². The summed E-state index contributed by atoms with van der Waals surface area (Å²) in [5.41, 5.74) is 1.49. The average Bonchev–Trinajstić information content (AvgIpc) is 3.24. The quantitative estimate of drug-likeness (QED) is 0.435. The minimum absolute atomic E-state index is 0.208. The lowest BCUT2D eigenvalue weighted by Crippen LogP contribution is -2.45. The highest BCUT2D eigenvalue weighted by atomic mass is 19.1. The van der Waals surface area contributed by atoms with E-state index in [1.54, 1.807) is 54.3 Å². The maximum Gasteiger partial charge on any atom is 0.278 e. The molecule has 0 N–H and O–H groups in total. The van der Waals surface area contributed by atoms with Gasteiger partial charge in [0.05, 0.1) is 17.8 Å². The molecule has 0 atom stereocenters. The first-order valence-corrected chi connectivity index (χ1v) is 10.4. The highest BCUT2D eigenvalue weighted by Gasteiger charge is 2.44. The lowest BCUT2D eigenvalue weighted by atomic mass is 9.59. The van der Waals surface area contributed by atoms with Gasteiger partial charge in [-0.05, 0) is 29.8 Å². The summed E-state index contributed by atoms with van der Waals surface area (Å²) in [6.07, 6.45) is 4.78. The summed E-state index contributed by atoms with van der Waals surface area (Å²) in [6.45, 7) is -0.240. The number of fused-ring (bicyclic) bond motifs is 2. The predicted molar refractivity (Wildman–Crippen MR) is 124 cm³/mol. The molecule has 11 heteroatoms. The van der Waals surface area contributed by atoms with Crippen molar-refractivity contribution >= 4 is 32.5 Å². The van der Waals surface area contributed by atoms with Crippen molar-refractivity contribution in [3.05, 3.63) is 81.7 Å². The number of pyridine rings is 2. The average molecular weight is 445 g/mol. The Hall–Kier alpha value is -3.75. The van der Waals surface area contributed by atoms with Crippen LogP contribution in [-0.4, -0.2) is 45.8 Å². The van der Waals surface area contributed by atoms with Gasteiger partial charge in [0.15, 0.2) is 5.52 Å². The smallest absolute Gasteiger partial charge is 0.278 e. The van der Waals surface area contributed by atoms with Crippen LogP contribution in [0, 0.1) is 11.6 Å². The van der Waals surface area contributed by atoms with Gasteiger partial charge >= 0.3 is 0 Å². The SMILES string of the molecule is BC1(B)c2ncccc2C(=O)N1Cc1c(F)cc(-c2cn(C)c(=O)c3nn(C)cc23)cc1F. The summed E-state index contributed by atoms with van der Waals surface area (Å²) in [5, 5.41) is 3.87. The van der Waals surface area contributed by atoms with Crippen LogP contribution in [0.4, 0.5) is 8.78 Å². The second-order valence-corrected chi connectivity index (χ2v) is 8.79. The maximum absolute atomic E-state index is 15.3. The Kier molecular flexibility index (Phi) is 4.56. The summed E-state index contributed by atoms with van der Waals surface area (Å²) in [4.78, 5) is 31.1. The molecule has 4 heterocycles. The van der Waals surface area contributed by atoms with Gasteiger partial charge in [-0.3, -0.25) is 19.3 Å². The van der Waals surface area contributed by atoms with Crippen LogP contribution in [0.1, 0.15) is 21.6 Å². The fraction of sp³-hybridized carbons (Fsp3) is 0.182. The van der Waals surface area contributed by atoms with Crippen LogP contribution >= 0.6 is 0 Å². The van der Waals surface area contributed by atoms with E-state index in [9.17, 15) is 9.59 Å². The fourth-order valence-corrected chi connectivity index (χ4v) is 4.49. The summed E-state index contributed by atoms with van der Waals surface area (Å²) in [5.74, 6) is -1.87. The van der Waals surface area contributed by atoms with Crippen LogP contribution in [0.2, 0.25) is 0 Å². The fourth-order valence-electron chi connectivity index (χ4n) is 4.49. The molecule has 1 aromatic carbocycles. The van der Waals surface area contributed by atoms with E-state index in [-0.39, 0.29) is 34.7 Å². The van der Waals surface area contributed by atoms with E-state index in [1.165, 1.54) is 32.5 Å². The van der Waals surface area contributed by atoms with Crippen molar-refractivity contribution in [2.45, 2.75) is 11.9 Å². The first-order chi connectivity index (χ1) is 15.6. The van der Waals surface area contributed by atoms with E-state index in [4.69, 9.17) is 0 Å². The Morgan fingerprint density at radius 3 is 2.42 bits per heavy atom. The Labute approximate surface area is 189 Å². The molecule has 0 saturated heterocycles. The number of halogens is 2. The summed E-state index contributed by atoms with van der Waals surface area (Å²) in [7, 11) is 6.85. The lowest BCUT2D eigenvalue weighted by Gasteiger charge is -2.32. The zero-order chi connectivity index (χ0) is 23.7. The highest BCUT2D eigenvalue weighted by Crippen LogP contribution is 2.36. The second-order valence-electron chi connectivity index (χ2n) is 8.79. The molecule has 7 nitrogen and oxygen atoms in total. The van der Waals surface area contributed by atoms with Crippen LogP contribution in [0.3, 0.4) is 0 Å². The lowest BCUT2D eigenvalue weighted by molar-refractivity contribution is 0.0727. The number of amides is 1. The summed E-state index contributed by atoms with van der Waals surface area (Å²) in [6, 6.07) is 5.78. The molecule has 33 heavy (non-hydrogen) atoms. The van der Waals surface area contributed by atoms with E-state index >= 15 is 8.78 Å². The Bertz CT molecular complexity index is 1510. The van der Waals surface area contributed by atoms with Crippen LogP contribution in [0.25, 0.3) is 22.0 Å². The van der Waals surface area contributed by atoms with Crippen molar-refractivity contribution in [3.63, 3.8) is 0 Å². The molecule has 1 aliphatic rings. The van der Waals surface area contributed by atoms with Crippen LogP contribution in [0.5, 0.6) is 0 Å². The Morgan fingerprint density at radius 1 is 1.06 bits per heavy atom.